The van der Waals surface area contributed by atoms with Crippen molar-refractivity contribution in [2.75, 3.05) is 7.11 Å². The van der Waals surface area contributed by atoms with Crippen LogP contribution in [0, 0.1) is 16.0 Å². The Morgan fingerprint density at radius 2 is 2.17 bits per heavy atom. The predicted molar refractivity (Wildman–Crippen MR) is 68.2 cm³/mol. The van der Waals surface area contributed by atoms with Crippen LogP contribution in [0.5, 0.6) is 11.5 Å². The van der Waals surface area contributed by atoms with Gasteiger partial charge in [0.2, 0.25) is 5.75 Å². The Morgan fingerprint density at radius 1 is 1.56 bits per heavy atom. The number of hydrogen-bond acceptors (Lipinski definition) is 5. The minimum absolute atomic E-state index is 0. The van der Waals surface area contributed by atoms with Crippen LogP contribution in [0.25, 0.3) is 0 Å². The molecule has 0 unspecified atom stereocenters. The predicted octanol–water partition coefficient (Wildman–Crippen LogP) is 2.14. The summed E-state index contributed by atoms with van der Waals surface area (Å²) in [7, 11) is 1.35. The maximum atomic E-state index is 10.8. The number of phenols is 1. The van der Waals surface area contributed by atoms with Gasteiger partial charge in [-0.2, -0.15) is 0 Å². The van der Waals surface area contributed by atoms with Gasteiger partial charge in [0.15, 0.2) is 5.75 Å². The van der Waals surface area contributed by atoms with Gasteiger partial charge in [-0.3, -0.25) is 10.1 Å². The number of nitrogens with two attached hydrogens (primary N) is 1. The topological polar surface area (TPSA) is 98.6 Å². The molecule has 0 heterocycles. The highest BCUT2D eigenvalue weighted by atomic mass is 35.5. The number of benzene rings is 1. The van der Waals surface area contributed by atoms with Crippen molar-refractivity contribution in [2.24, 2.45) is 11.7 Å². The van der Waals surface area contributed by atoms with E-state index >= 15 is 0 Å². The van der Waals surface area contributed by atoms with E-state index in [0.717, 1.165) is 12.8 Å². The summed E-state index contributed by atoms with van der Waals surface area (Å²) >= 11 is 0. The van der Waals surface area contributed by atoms with Crippen LogP contribution < -0.4 is 10.5 Å². The monoisotopic (exact) mass is 274 g/mol. The summed E-state index contributed by atoms with van der Waals surface area (Å²) < 4.78 is 4.92. The zero-order valence-electron chi connectivity index (χ0n) is 9.83. The number of hydrogen-bond donors (Lipinski definition) is 2. The molecule has 1 saturated carbocycles. The third-order valence-corrected chi connectivity index (χ3v) is 3.01. The van der Waals surface area contributed by atoms with Crippen molar-refractivity contribution in [3.63, 3.8) is 0 Å². The van der Waals surface area contributed by atoms with Gasteiger partial charge in [-0.05, 0) is 30.4 Å². The van der Waals surface area contributed by atoms with Crippen molar-refractivity contribution in [3.05, 3.63) is 27.8 Å². The summed E-state index contributed by atoms with van der Waals surface area (Å²) in [5.74, 6) is 0.0124. The number of phenolic OH excluding ortho intramolecular Hbond substituents is 1. The number of nitrogens with zero attached hydrogens (tertiary/aromatic N) is 1. The molecule has 0 radical (unpaired) electrons. The van der Waals surface area contributed by atoms with E-state index in [1.165, 1.54) is 13.2 Å². The Bertz CT molecular complexity index is 463. The molecule has 0 amide bonds. The van der Waals surface area contributed by atoms with E-state index < -0.39 is 10.7 Å². The minimum atomic E-state index is -0.638. The lowest BCUT2D eigenvalue weighted by molar-refractivity contribution is -0.386. The molecule has 0 spiro atoms. The van der Waals surface area contributed by atoms with Crippen LogP contribution in [0.15, 0.2) is 12.1 Å². The lowest BCUT2D eigenvalue weighted by atomic mass is 10.0. The van der Waals surface area contributed by atoms with E-state index in [4.69, 9.17) is 10.5 Å². The number of nitro groups is 1. The molecule has 1 atom stereocenters. The molecular formula is C11H15ClN2O4. The van der Waals surface area contributed by atoms with E-state index in [-0.39, 0.29) is 29.9 Å². The molecule has 0 bridgehead atoms. The van der Waals surface area contributed by atoms with Gasteiger partial charge >= 0.3 is 5.69 Å². The zero-order chi connectivity index (χ0) is 12.6. The molecule has 0 saturated heterocycles. The van der Waals surface area contributed by atoms with Crippen molar-refractivity contribution >= 4 is 18.1 Å². The van der Waals surface area contributed by atoms with Gasteiger partial charge in [-0.25, -0.2) is 0 Å². The van der Waals surface area contributed by atoms with Gasteiger partial charge in [0, 0.05) is 12.1 Å². The molecule has 1 fully saturated rings. The van der Waals surface area contributed by atoms with Gasteiger partial charge < -0.3 is 15.6 Å². The Hall–Kier alpha value is -1.53. The molecule has 6 nitrogen and oxygen atoms in total. The summed E-state index contributed by atoms with van der Waals surface area (Å²) in [4.78, 5) is 10.2. The standard InChI is InChI=1S/C11H14N2O4.ClH/c1-17-9-5-7(10(12)6-2-3-6)4-8(11(9)14)13(15)16;/h4-6,10,14H,2-3,12H2,1H3;1H/t10-;/m0./s1. The summed E-state index contributed by atoms with van der Waals surface area (Å²) in [6, 6.07) is 2.65. The fourth-order valence-corrected chi connectivity index (χ4v) is 1.83. The van der Waals surface area contributed by atoms with Crippen LogP contribution in [0.1, 0.15) is 24.4 Å². The first kappa shape index (κ1) is 14.5. The molecule has 2 rings (SSSR count). The number of rotatable bonds is 4. The van der Waals surface area contributed by atoms with Gasteiger partial charge in [-0.15, -0.1) is 12.4 Å². The molecule has 0 aliphatic heterocycles. The Balaban J connectivity index is 0.00000162. The molecule has 18 heavy (non-hydrogen) atoms. The highest BCUT2D eigenvalue weighted by Crippen LogP contribution is 2.44. The van der Waals surface area contributed by atoms with E-state index in [1.54, 1.807) is 6.07 Å². The number of ether oxygens (including phenoxy) is 1. The number of methoxy groups -OCH3 is 1. The van der Waals surface area contributed by atoms with Gasteiger partial charge in [0.1, 0.15) is 0 Å². The van der Waals surface area contributed by atoms with Gasteiger partial charge in [-0.1, -0.05) is 0 Å². The number of halogens is 1. The van der Waals surface area contributed by atoms with Crippen molar-refractivity contribution in [1.29, 1.82) is 0 Å². The Labute approximate surface area is 110 Å². The maximum absolute atomic E-state index is 10.8. The SMILES string of the molecule is COc1cc([C@@H](N)C2CC2)cc([N+](=O)[O-])c1O.Cl. The van der Waals surface area contributed by atoms with Crippen molar-refractivity contribution in [3.8, 4) is 11.5 Å². The Morgan fingerprint density at radius 3 is 2.61 bits per heavy atom. The van der Waals surface area contributed by atoms with Crippen LogP contribution in [-0.2, 0) is 0 Å². The molecule has 1 aliphatic rings. The molecule has 100 valence electrons. The van der Waals surface area contributed by atoms with Crippen LogP contribution in [0.3, 0.4) is 0 Å². The fourth-order valence-electron chi connectivity index (χ4n) is 1.83. The van der Waals surface area contributed by atoms with Crippen molar-refractivity contribution in [1.82, 2.24) is 0 Å². The Kier molecular flexibility index (Phi) is 4.37. The first-order chi connectivity index (χ1) is 8.04. The lowest BCUT2D eigenvalue weighted by Gasteiger charge is -2.13. The van der Waals surface area contributed by atoms with E-state index in [1.807, 2.05) is 0 Å². The highest BCUT2D eigenvalue weighted by molar-refractivity contribution is 5.85. The van der Waals surface area contributed by atoms with E-state index in [0.29, 0.717) is 11.5 Å². The number of nitro benzene ring substituents is 1. The van der Waals surface area contributed by atoms with Crippen LogP contribution in [-0.4, -0.2) is 17.1 Å². The van der Waals surface area contributed by atoms with Crippen LogP contribution in [0.2, 0.25) is 0 Å². The lowest BCUT2D eigenvalue weighted by Crippen LogP contribution is -2.12. The van der Waals surface area contributed by atoms with Crippen LogP contribution >= 0.6 is 12.4 Å². The second-order valence-electron chi connectivity index (χ2n) is 4.21. The summed E-state index contributed by atoms with van der Waals surface area (Å²) in [5, 5.41) is 20.4. The third kappa shape index (κ3) is 2.65. The third-order valence-electron chi connectivity index (χ3n) is 3.01. The summed E-state index contributed by atoms with van der Waals surface area (Å²) in [6.45, 7) is 0. The van der Waals surface area contributed by atoms with Gasteiger partial charge in [0.25, 0.3) is 0 Å². The molecule has 1 aliphatic carbocycles. The van der Waals surface area contributed by atoms with Crippen molar-refractivity contribution < 1.29 is 14.8 Å². The summed E-state index contributed by atoms with van der Waals surface area (Å²) in [6.07, 6.45) is 2.08. The first-order valence-corrected chi connectivity index (χ1v) is 5.35. The average molecular weight is 275 g/mol. The molecule has 1 aromatic rings. The maximum Gasteiger partial charge on any atom is 0.314 e. The highest BCUT2D eigenvalue weighted by Gasteiger charge is 2.32. The fraction of sp³-hybridized carbons (Fsp3) is 0.455. The summed E-state index contributed by atoms with van der Waals surface area (Å²) in [5.41, 5.74) is 6.25. The second kappa shape index (κ2) is 5.41. The van der Waals surface area contributed by atoms with Crippen LogP contribution in [0.4, 0.5) is 5.69 Å². The molecule has 0 aromatic heterocycles. The molecule has 1 aromatic carbocycles. The second-order valence-corrected chi connectivity index (χ2v) is 4.21. The quantitative estimate of drug-likeness (QED) is 0.647. The number of aromatic hydroxyl groups is 1. The molecule has 7 heteroatoms. The molecule has 3 N–H and O–H groups in total. The van der Waals surface area contributed by atoms with Crippen molar-refractivity contribution in [2.45, 2.75) is 18.9 Å². The van der Waals surface area contributed by atoms with E-state index in [9.17, 15) is 15.2 Å². The average Bonchev–Trinajstić information content (AvgIpc) is 3.12. The zero-order valence-corrected chi connectivity index (χ0v) is 10.6. The normalized spacial score (nSPS) is 15.7. The minimum Gasteiger partial charge on any atom is -0.500 e. The van der Waals surface area contributed by atoms with E-state index in [2.05, 4.69) is 0 Å². The molecular weight excluding hydrogens is 260 g/mol. The largest absolute Gasteiger partial charge is 0.500 e. The smallest absolute Gasteiger partial charge is 0.314 e. The van der Waals surface area contributed by atoms with Gasteiger partial charge in [0.05, 0.1) is 12.0 Å². The first-order valence-electron chi connectivity index (χ1n) is 5.35.